The Hall–Kier alpha value is -3.39. The van der Waals surface area contributed by atoms with Gasteiger partial charge >= 0.3 is 5.76 Å². The van der Waals surface area contributed by atoms with E-state index >= 15 is 0 Å². The zero-order chi connectivity index (χ0) is 23.5. The lowest BCUT2D eigenvalue weighted by molar-refractivity contribution is -0.131. The summed E-state index contributed by atoms with van der Waals surface area (Å²) in [5.41, 5.74) is 4.21. The highest BCUT2D eigenvalue weighted by atomic mass is 32.2. The van der Waals surface area contributed by atoms with Crippen LogP contribution < -0.4 is 11.2 Å². The number of aromatic nitrogens is 1. The van der Waals surface area contributed by atoms with Crippen molar-refractivity contribution in [3.8, 4) is 11.8 Å². The van der Waals surface area contributed by atoms with E-state index in [1.54, 1.807) is 42.5 Å². The average Bonchev–Trinajstić information content (AvgIpc) is 3.09. The van der Waals surface area contributed by atoms with Crippen LogP contribution in [0.1, 0.15) is 30.0 Å². The Morgan fingerprint density at radius 3 is 2.38 bits per heavy atom. The number of nitrogens with zero attached hydrogens (tertiary/aromatic N) is 1. The van der Waals surface area contributed by atoms with Crippen LogP contribution in [0.2, 0.25) is 0 Å². The first-order chi connectivity index (χ1) is 15.1. The number of rotatable bonds is 6. The molecule has 10 heteroatoms. The van der Waals surface area contributed by atoms with Gasteiger partial charge in [0.25, 0.3) is 5.91 Å². The van der Waals surface area contributed by atoms with Crippen molar-refractivity contribution in [3.05, 3.63) is 69.7 Å². The van der Waals surface area contributed by atoms with E-state index in [4.69, 9.17) is 14.7 Å². The predicted octanol–water partition coefficient (Wildman–Crippen LogP) is 1.19. The van der Waals surface area contributed by atoms with Gasteiger partial charge in [-0.3, -0.25) is 14.6 Å². The summed E-state index contributed by atoms with van der Waals surface area (Å²) in [6, 6.07) is 12.0. The zero-order valence-electron chi connectivity index (χ0n) is 17.5. The van der Waals surface area contributed by atoms with Gasteiger partial charge in [-0.05, 0) is 49.2 Å². The predicted molar refractivity (Wildman–Crippen MR) is 117 cm³/mol. The van der Waals surface area contributed by atoms with Crippen LogP contribution in [0.25, 0.3) is 11.1 Å². The molecule has 9 nitrogen and oxygen atoms in total. The molecule has 1 atom stereocenters. The van der Waals surface area contributed by atoms with Crippen molar-refractivity contribution in [2.24, 2.45) is 0 Å². The van der Waals surface area contributed by atoms with Crippen molar-refractivity contribution in [2.75, 3.05) is 6.26 Å². The summed E-state index contributed by atoms with van der Waals surface area (Å²) in [6.07, 6.45) is 0.638. The van der Waals surface area contributed by atoms with E-state index in [-0.39, 0.29) is 25.2 Å². The Kier molecular flexibility index (Phi) is 6.55. The normalized spacial score (nSPS) is 13.2. The molecular formula is C22H22N2O7S. The summed E-state index contributed by atoms with van der Waals surface area (Å²) in [4.78, 5) is 24.3. The molecule has 0 aliphatic heterocycles. The number of nitrogens with one attached hydrogen (secondary N) is 1. The molecule has 3 aromatic rings. The molecule has 0 saturated heterocycles. The number of oxazole rings is 1. The fourth-order valence-corrected chi connectivity index (χ4v) is 3.95. The number of aliphatic hydroxyl groups excluding tert-OH is 1. The maximum absolute atomic E-state index is 12.3. The van der Waals surface area contributed by atoms with E-state index in [0.29, 0.717) is 11.1 Å². The number of sulfone groups is 1. The molecule has 3 N–H and O–H groups in total. The van der Waals surface area contributed by atoms with Gasteiger partial charge in [-0.1, -0.05) is 24.0 Å². The summed E-state index contributed by atoms with van der Waals surface area (Å²) >= 11 is 0. The minimum absolute atomic E-state index is 0.0472. The third-order valence-corrected chi connectivity index (χ3v) is 7.39. The number of hydrogen-bond acceptors (Lipinski definition) is 7. The molecule has 0 radical (unpaired) electrons. The Morgan fingerprint density at radius 1 is 1.16 bits per heavy atom. The van der Waals surface area contributed by atoms with Crippen molar-refractivity contribution in [1.82, 2.24) is 10.0 Å². The van der Waals surface area contributed by atoms with Crippen molar-refractivity contribution in [3.63, 3.8) is 0 Å². The Labute approximate surface area is 184 Å². The van der Waals surface area contributed by atoms with Gasteiger partial charge in [-0.25, -0.2) is 18.7 Å². The van der Waals surface area contributed by atoms with Crippen molar-refractivity contribution >= 4 is 26.8 Å². The van der Waals surface area contributed by atoms with Crippen LogP contribution >= 0.6 is 0 Å². The lowest BCUT2D eigenvalue weighted by Crippen LogP contribution is -2.49. The van der Waals surface area contributed by atoms with Gasteiger partial charge in [-0.15, -0.1) is 0 Å². The van der Waals surface area contributed by atoms with E-state index in [9.17, 15) is 18.0 Å². The molecule has 1 aromatic heterocycles. The minimum Gasteiger partial charge on any atom is -0.408 e. The number of benzene rings is 2. The van der Waals surface area contributed by atoms with E-state index < -0.39 is 26.2 Å². The third kappa shape index (κ3) is 4.60. The molecular weight excluding hydrogens is 436 g/mol. The van der Waals surface area contributed by atoms with Crippen LogP contribution in [0.5, 0.6) is 0 Å². The number of aliphatic hydroxyl groups is 1. The van der Waals surface area contributed by atoms with Gasteiger partial charge in [0.05, 0.1) is 12.1 Å². The number of carbonyl (C=O) groups is 1. The van der Waals surface area contributed by atoms with E-state index in [1.165, 1.54) is 17.0 Å². The summed E-state index contributed by atoms with van der Waals surface area (Å²) in [6.45, 7) is 1.02. The molecule has 0 fully saturated rings. The fraction of sp³-hybridized carbons (Fsp3) is 0.273. The van der Waals surface area contributed by atoms with Crippen molar-refractivity contribution < 1.29 is 27.9 Å². The quantitative estimate of drug-likeness (QED) is 0.286. The van der Waals surface area contributed by atoms with Gasteiger partial charge < -0.3 is 9.52 Å². The van der Waals surface area contributed by atoms with Gasteiger partial charge in [0, 0.05) is 23.9 Å². The number of amides is 1. The summed E-state index contributed by atoms with van der Waals surface area (Å²) in [5, 5.41) is 18.0. The minimum atomic E-state index is -3.89. The number of fused-ring (bicyclic) bond motifs is 1. The largest absolute Gasteiger partial charge is 0.419 e. The Bertz CT molecular complexity index is 1380. The van der Waals surface area contributed by atoms with Crippen molar-refractivity contribution in [2.45, 2.75) is 31.2 Å². The fourth-order valence-electron chi connectivity index (χ4n) is 3.10. The Morgan fingerprint density at radius 2 is 1.78 bits per heavy atom. The summed E-state index contributed by atoms with van der Waals surface area (Å²) < 4.78 is 28.8. The van der Waals surface area contributed by atoms with Crippen molar-refractivity contribution in [1.29, 1.82) is 0 Å². The maximum Gasteiger partial charge on any atom is 0.419 e. The highest BCUT2D eigenvalue weighted by molar-refractivity contribution is 7.92. The van der Waals surface area contributed by atoms with E-state index in [0.717, 1.165) is 17.4 Å². The molecule has 32 heavy (non-hydrogen) atoms. The second-order valence-corrected chi connectivity index (χ2v) is 9.95. The molecule has 0 bridgehead atoms. The molecule has 1 amide bonds. The topological polar surface area (TPSA) is 139 Å². The van der Waals surface area contributed by atoms with Crippen LogP contribution in [0.15, 0.2) is 51.7 Å². The smallest absolute Gasteiger partial charge is 0.408 e. The standard InChI is InChI=1S/C22H22N2O7S/c1-22(20(26)23-28,32(2,29)30)11-12-24-18-10-9-16(13-19(18)31-21(24)27)6-3-15-4-7-17(14-25)8-5-15/h4-5,7-10,13,25,28H,11-12,14H2,1-2H3,(H,23,26). The molecule has 0 spiro atoms. The monoisotopic (exact) mass is 458 g/mol. The second kappa shape index (κ2) is 9.00. The highest BCUT2D eigenvalue weighted by Crippen LogP contribution is 2.23. The number of hydrogen-bond donors (Lipinski definition) is 3. The van der Waals surface area contributed by atoms with Crippen LogP contribution in [0.3, 0.4) is 0 Å². The van der Waals surface area contributed by atoms with E-state index in [2.05, 4.69) is 11.8 Å². The Balaban J connectivity index is 1.88. The highest BCUT2D eigenvalue weighted by Gasteiger charge is 2.43. The summed E-state index contributed by atoms with van der Waals surface area (Å²) in [7, 11) is -3.89. The lowest BCUT2D eigenvalue weighted by atomic mass is 10.1. The first kappa shape index (κ1) is 23.3. The van der Waals surface area contributed by atoms with Crippen LogP contribution in [-0.2, 0) is 27.8 Å². The maximum atomic E-state index is 12.3. The van der Waals surface area contributed by atoms with Crippen LogP contribution in [-0.4, -0.2) is 40.2 Å². The summed E-state index contributed by atoms with van der Waals surface area (Å²) in [5.74, 6) is 4.18. The van der Waals surface area contributed by atoms with Gasteiger partial charge in [0.15, 0.2) is 20.2 Å². The van der Waals surface area contributed by atoms with Crippen LogP contribution in [0, 0.1) is 11.8 Å². The molecule has 1 unspecified atom stereocenters. The zero-order valence-corrected chi connectivity index (χ0v) is 18.3. The molecule has 0 aliphatic carbocycles. The lowest BCUT2D eigenvalue weighted by Gasteiger charge is -2.24. The second-order valence-electron chi connectivity index (χ2n) is 7.50. The molecule has 0 saturated carbocycles. The molecule has 0 aliphatic rings. The SMILES string of the molecule is CC(CCn1c(=O)oc2cc(C#Cc3ccc(CO)cc3)ccc21)(C(=O)NO)S(C)(=O)=O. The van der Waals surface area contributed by atoms with Gasteiger partial charge in [0.2, 0.25) is 0 Å². The number of aryl methyl sites for hydroxylation is 1. The first-order valence-corrected chi connectivity index (χ1v) is 11.5. The molecule has 3 rings (SSSR count). The molecule has 1 heterocycles. The molecule has 2 aromatic carbocycles. The number of carbonyl (C=O) groups excluding carboxylic acids is 1. The van der Waals surface area contributed by atoms with E-state index in [1.807, 2.05) is 0 Å². The molecule has 168 valence electrons. The third-order valence-electron chi connectivity index (χ3n) is 5.37. The van der Waals surface area contributed by atoms with Crippen LogP contribution in [0.4, 0.5) is 0 Å². The first-order valence-electron chi connectivity index (χ1n) is 9.58. The van der Waals surface area contributed by atoms with Gasteiger partial charge in [0.1, 0.15) is 0 Å². The number of hydroxylamine groups is 1. The van der Waals surface area contributed by atoms with Gasteiger partial charge in [-0.2, -0.15) is 0 Å². The average molecular weight is 458 g/mol.